The zero-order chi connectivity index (χ0) is 14.9. The third-order valence-corrected chi connectivity index (χ3v) is 4.85. The van der Waals surface area contributed by atoms with E-state index in [1.165, 1.54) is 21.6 Å². The number of anilines is 1. The van der Waals surface area contributed by atoms with Crippen LogP contribution < -0.4 is 4.90 Å². The highest BCUT2D eigenvalue weighted by Crippen LogP contribution is 2.32. The number of allylic oxidation sites excluding steroid dienone is 1. The van der Waals surface area contributed by atoms with Gasteiger partial charge in [-0.3, -0.25) is 0 Å². The first kappa shape index (κ1) is 13.3. The SMILES string of the molecule is CCN1/C(=C\c2nc3ccccc3s2)C=Cc2ccccc21. The Kier molecular flexibility index (Phi) is 3.28. The van der Waals surface area contributed by atoms with E-state index in [4.69, 9.17) is 4.98 Å². The molecule has 4 rings (SSSR count). The lowest BCUT2D eigenvalue weighted by atomic mass is 10.1. The van der Waals surface area contributed by atoms with Crippen molar-refractivity contribution in [3.05, 3.63) is 70.9 Å². The lowest BCUT2D eigenvalue weighted by Crippen LogP contribution is -2.23. The largest absolute Gasteiger partial charge is 0.341 e. The molecular weight excluding hydrogens is 288 g/mol. The van der Waals surface area contributed by atoms with E-state index in [2.05, 4.69) is 72.5 Å². The third kappa shape index (κ3) is 2.24. The van der Waals surface area contributed by atoms with Gasteiger partial charge in [-0.2, -0.15) is 0 Å². The third-order valence-electron chi connectivity index (χ3n) is 3.87. The molecule has 0 fully saturated rings. The number of hydrogen-bond acceptors (Lipinski definition) is 3. The predicted octanol–water partition coefficient (Wildman–Crippen LogP) is 5.19. The van der Waals surface area contributed by atoms with Crippen LogP contribution in [0.25, 0.3) is 22.4 Å². The molecule has 0 spiro atoms. The summed E-state index contributed by atoms with van der Waals surface area (Å²) in [5.74, 6) is 0. The van der Waals surface area contributed by atoms with E-state index in [1.807, 2.05) is 6.07 Å². The second-order valence-corrected chi connectivity index (χ2v) is 6.29. The van der Waals surface area contributed by atoms with E-state index >= 15 is 0 Å². The topological polar surface area (TPSA) is 16.1 Å². The molecule has 0 aliphatic carbocycles. The Morgan fingerprint density at radius 3 is 2.73 bits per heavy atom. The highest BCUT2D eigenvalue weighted by Gasteiger charge is 2.15. The fraction of sp³-hybridized carbons (Fsp3) is 0.105. The van der Waals surface area contributed by atoms with Gasteiger partial charge < -0.3 is 4.90 Å². The summed E-state index contributed by atoms with van der Waals surface area (Å²) in [5.41, 5.74) is 4.80. The lowest BCUT2D eigenvalue weighted by molar-refractivity contribution is 0.977. The number of nitrogens with zero attached hydrogens (tertiary/aromatic N) is 2. The molecule has 0 atom stereocenters. The molecule has 2 heterocycles. The van der Waals surface area contributed by atoms with Crippen LogP contribution in [0.4, 0.5) is 5.69 Å². The lowest BCUT2D eigenvalue weighted by Gasteiger charge is -2.29. The van der Waals surface area contributed by atoms with Gasteiger partial charge in [-0.25, -0.2) is 4.98 Å². The van der Waals surface area contributed by atoms with Crippen molar-refractivity contribution < 1.29 is 0 Å². The van der Waals surface area contributed by atoms with Crippen molar-refractivity contribution in [3.8, 4) is 0 Å². The number of benzene rings is 2. The Balaban J connectivity index is 1.78. The molecule has 108 valence electrons. The van der Waals surface area contributed by atoms with Crippen molar-refractivity contribution in [1.29, 1.82) is 0 Å². The van der Waals surface area contributed by atoms with Gasteiger partial charge in [-0.15, -0.1) is 11.3 Å². The number of aromatic nitrogens is 1. The summed E-state index contributed by atoms with van der Waals surface area (Å²) in [5, 5.41) is 1.05. The van der Waals surface area contributed by atoms with Crippen molar-refractivity contribution in [2.45, 2.75) is 6.92 Å². The summed E-state index contributed by atoms with van der Waals surface area (Å²) in [7, 11) is 0. The highest BCUT2D eigenvalue weighted by atomic mass is 32.1. The molecule has 3 heteroatoms. The van der Waals surface area contributed by atoms with Crippen LogP contribution in [0.1, 0.15) is 17.5 Å². The first-order valence-corrected chi connectivity index (χ1v) is 8.29. The maximum absolute atomic E-state index is 4.71. The first-order chi connectivity index (χ1) is 10.8. The van der Waals surface area contributed by atoms with Crippen molar-refractivity contribution in [1.82, 2.24) is 4.98 Å². The van der Waals surface area contributed by atoms with Gasteiger partial charge in [-0.1, -0.05) is 36.4 Å². The van der Waals surface area contributed by atoms with Crippen LogP contribution in [-0.2, 0) is 0 Å². The van der Waals surface area contributed by atoms with Crippen LogP contribution in [0.3, 0.4) is 0 Å². The Hall–Kier alpha value is -2.39. The summed E-state index contributed by atoms with van der Waals surface area (Å²) in [6.07, 6.45) is 6.54. The number of rotatable bonds is 2. The van der Waals surface area contributed by atoms with E-state index < -0.39 is 0 Å². The molecule has 1 aliphatic rings. The van der Waals surface area contributed by atoms with Crippen molar-refractivity contribution in [2.75, 3.05) is 11.4 Å². The molecule has 0 N–H and O–H groups in total. The van der Waals surface area contributed by atoms with Crippen LogP contribution in [0.2, 0.25) is 0 Å². The standard InChI is InChI=1S/C19H16N2S/c1-2-21-15(12-11-14-7-3-5-9-17(14)21)13-19-20-16-8-4-6-10-18(16)22-19/h3-13H,2H2,1H3/b15-13-. The average molecular weight is 304 g/mol. The van der Waals surface area contributed by atoms with Gasteiger partial charge in [0.15, 0.2) is 0 Å². The Morgan fingerprint density at radius 2 is 1.86 bits per heavy atom. The van der Waals surface area contributed by atoms with Gasteiger partial charge in [0, 0.05) is 17.9 Å². The number of para-hydroxylation sites is 2. The zero-order valence-corrected chi connectivity index (χ0v) is 13.2. The quantitative estimate of drug-likeness (QED) is 0.647. The summed E-state index contributed by atoms with van der Waals surface area (Å²) in [6, 6.07) is 16.8. The van der Waals surface area contributed by atoms with E-state index in [0.29, 0.717) is 0 Å². The first-order valence-electron chi connectivity index (χ1n) is 7.47. The molecule has 1 aromatic heterocycles. The second-order valence-electron chi connectivity index (χ2n) is 5.23. The molecule has 3 aromatic rings. The molecule has 0 bridgehead atoms. The minimum Gasteiger partial charge on any atom is -0.341 e. The van der Waals surface area contributed by atoms with Gasteiger partial charge in [0.25, 0.3) is 0 Å². The summed E-state index contributed by atoms with van der Waals surface area (Å²) < 4.78 is 1.23. The van der Waals surface area contributed by atoms with E-state index in [0.717, 1.165) is 17.1 Å². The van der Waals surface area contributed by atoms with Gasteiger partial charge in [-0.05, 0) is 42.8 Å². The molecular formula is C19H16N2S. The smallest absolute Gasteiger partial charge is 0.119 e. The molecule has 22 heavy (non-hydrogen) atoms. The van der Waals surface area contributed by atoms with Crippen molar-refractivity contribution >= 4 is 39.4 Å². The number of thiazole rings is 1. The predicted molar refractivity (Wildman–Crippen MR) is 96.1 cm³/mol. The average Bonchev–Trinajstić information content (AvgIpc) is 2.97. The normalized spacial score (nSPS) is 15.5. The van der Waals surface area contributed by atoms with Crippen LogP contribution in [0.5, 0.6) is 0 Å². The van der Waals surface area contributed by atoms with E-state index in [9.17, 15) is 0 Å². The van der Waals surface area contributed by atoms with Gasteiger partial charge in [0.1, 0.15) is 5.01 Å². The fourth-order valence-electron chi connectivity index (χ4n) is 2.84. The van der Waals surface area contributed by atoms with E-state index in [-0.39, 0.29) is 0 Å². The molecule has 1 aliphatic heterocycles. The monoisotopic (exact) mass is 304 g/mol. The number of fused-ring (bicyclic) bond motifs is 2. The zero-order valence-electron chi connectivity index (χ0n) is 12.4. The molecule has 0 amide bonds. The molecule has 2 nitrogen and oxygen atoms in total. The van der Waals surface area contributed by atoms with Crippen LogP contribution in [-0.4, -0.2) is 11.5 Å². The van der Waals surface area contributed by atoms with Crippen molar-refractivity contribution in [3.63, 3.8) is 0 Å². The minimum absolute atomic E-state index is 0.943. The summed E-state index contributed by atoms with van der Waals surface area (Å²) in [6.45, 7) is 3.13. The Morgan fingerprint density at radius 1 is 1.05 bits per heavy atom. The highest BCUT2D eigenvalue weighted by molar-refractivity contribution is 7.19. The molecule has 2 aromatic carbocycles. The van der Waals surface area contributed by atoms with Crippen LogP contribution in [0, 0.1) is 0 Å². The minimum atomic E-state index is 0.943. The summed E-state index contributed by atoms with van der Waals surface area (Å²) in [4.78, 5) is 7.05. The number of hydrogen-bond donors (Lipinski definition) is 0. The maximum atomic E-state index is 4.71. The molecule has 0 unspecified atom stereocenters. The Labute approximate surface area is 134 Å². The number of likely N-dealkylation sites (N-methyl/N-ethyl adjacent to an activating group) is 1. The van der Waals surface area contributed by atoms with Crippen molar-refractivity contribution in [2.24, 2.45) is 0 Å². The molecule has 0 saturated carbocycles. The van der Waals surface area contributed by atoms with Crippen LogP contribution >= 0.6 is 11.3 Å². The van der Waals surface area contributed by atoms with Gasteiger partial charge in [0.2, 0.25) is 0 Å². The molecule has 0 radical (unpaired) electrons. The Bertz CT molecular complexity index is 856. The maximum Gasteiger partial charge on any atom is 0.119 e. The summed E-state index contributed by atoms with van der Waals surface area (Å²) >= 11 is 1.74. The van der Waals surface area contributed by atoms with Gasteiger partial charge >= 0.3 is 0 Å². The van der Waals surface area contributed by atoms with Gasteiger partial charge in [0.05, 0.1) is 10.2 Å². The van der Waals surface area contributed by atoms with E-state index in [1.54, 1.807) is 11.3 Å². The second kappa shape index (κ2) is 5.43. The van der Waals surface area contributed by atoms with Crippen LogP contribution in [0.15, 0.2) is 60.3 Å². The molecule has 0 saturated heterocycles. The fourth-order valence-corrected chi connectivity index (χ4v) is 3.75.